The SMILES string of the molecule is CC(CCNC(=O)NC(C)C1CC1)CCC(=O)O. The highest BCUT2D eigenvalue weighted by molar-refractivity contribution is 5.74. The molecule has 1 aliphatic rings. The molecule has 0 saturated heterocycles. The zero-order chi connectivity index (χ0) is 13.5. The largest absolute Gasteiger partial charge is 0.481 e. The normalized spacial score (nSPS) is 17.9. The van der Waals surface area contributed by atoms with Crippen LogP contribution in [0.5, 0.6) is 0 Å². The number of amides is 2. The molecule has 0 aliphatic heterocycles. The van der Waals surface area contributed by atoms with Crippen molar-refractivity contribution in [2.45, 2.75) is 52.0 Å². The fourth-order valence-electron chi connectivity index (χ4n) is 1.92. The predicted octanol–water partition coefficient (Wildman–Crippen LogP) is 1.98. The maximum absolute atomic E-state index is 11.5. The van der Waals surface area contributed by atoms with Crippen LogP contribution in [0.1, 0.15) is 46.0 Å². The van der Waals surface area contributed by atoms with Crippen LogP contribution in [0.4, 0.5) is 4.79 Å². The summed E-state index contributed by atoms with van der Waals surface area (Å²) in [5.74, 6) is 0.221. The first-order valence-electron chi connectivity index (χ1n) is 6.75. The molecule has 18 heavy (non-hydrogen) atoms. The summed E-state index contributed by atoms with van der Waals surface area (Å²) in [6, 6.07) is 0.147. The molecular formula is C13H24N2O3. The molecule has 2 amide bonds. The third kappa shape index (κ3) is 6.47. The van der Waals surface area contributed by atoms with E-state index >= 15 is 0 Å². The van der Waals surface area contributed by atoms with Crippen molar-refractivity contribution < 1.29 is 14.7 Å². The van der Waals surface area contributed by atoms with E-state index in [-0.39, 0.29) is 18.5 Å². The lowest BCUT2D eigenvalue weighted by atomic mass is 10.0. The minimum atomic E-state index is -0.759. The summed E-state index contributed by atoms with van der Waals surface area (Å²) in [4.78, 5) is 21.9. The number of carboxylic acid groups (broad SMARTS) is 1. The van der Waals surface area contributed by atoms with E-state index in [0.29, 0.717) is 24.8 Å². The molecular weight excluding hydrogens is 232 g/mol. The lowest BCUT2D eigenvalue weighted by molar-refractivity contribution is -0.137. The van der Waals surface area contributed by atoms with Crippen molar-refractivity contribution in [1.82, 2.24) is 10.6 Å². The van der Waals surface area contributed by atoms with E-state index in [4.69, 9.17) is 5.11 Å². The van der Waals surface area contributed by atoms with Gasteiger partial charge < -0.3 is 15.7 Å². The Morgan fingerprint density at radius 1 is 1.28 bits per heavy atom. The standard InChI is InChI=1S/C13H24N2O3/c1-9(3-6-12(16)17)7-8-14-13(18)15-10(2)11-4-5-11/h9-11H,3-8H2,1-2H3,(H,16,17)(H2,14,15,18). The second-order valence-corrected chi connectivity index (χ2v) is 5.35. The van der Waals surface area contributed by atoms with Crippen LogP contribution in [0.25, 0.3) is 0 Å². The first-order valence-corrected chi connectivity index (χ1v) is 6.75. The maximum atomic E-state index is 11.5. The van der Waals surface area contributed by atoms with Crippen LogP contribution < -0.4 is 10.6 Å². The lowest BCUT2D eigenvalue weighted by Gasteiger charge is -2.15. The van der Waals surface area contributed by atoms with Gasteiger partial charge in [0, 0.05) is 19.0 Å². The number of hydrogen-bond donors (Lipinski definition) is 3. The Labute approximate surface area is 108 Å². The highest BCUT2D eigenvalue weighted by atomic mass is 16.4. The summed E-state index contributed by atoms with van der Waals surface area (Å²) in [7, 11) is 0. The number of carbonyl (C=O) groups is 2. The topological polar surface area (TPSA) is 78.4 Å². The van der Waals surface area contributed by atoms with Crippen molar-refractivity contribution in [3.63, 3.8) is 0 Å². The van der Waals surface area contributed by atoms with Crippen molar-refractivity contribution >= 4 is 12.0 Å². The van der Waals surface area contributed by atoms with E-state index in [2.05, 4.69) is 10.6 Å². The van der Waals surface area contributed by atoms with E-state index < -0.39 is 5.97 Å². The van der Waals surface area contributed by atoms with E-state index in [0.717, 1.165) is 6.42 Å². The Bertz CT molecular complexity index is 290. The van der Waals surface area contributed by atoms with Crippen molar-refractivity contribution in [1.29, 1.82) is 0 Å². The van der Waals surface area contributed by atoms with Crippen molar-refractivity contribution in [2.75, 3.05) is 6.54 Å². The minimum absolute atomic E-state index is 0.111. The van der Waals surface area contributed by atoms with E-state index in [9.17, 15) is 9.59 Å². The summed E-state index contributed by atoms with van der Waals surface area (Å²) < 4.78 is 0. The first-order chi connectivity index (χ1) is 8.49. The Balaban J connectivity index is 2.01. The third-order valence-electron chi connectivity index (χ3n) is 3.46. The quantitative estimate of drug-likeness (QED) is 0.621. The summed E-state index contributed by atoms with van der Waals surface area (Å²) in [6.45, 7) is 4.64. The molecule has 2 atom stereocenters. The summed E-state index contributed by atoms with van der Waals surface area (Å²) >= 11 is 0. The van der Waals surface area contributed by atoms with Gasteiger partial charge in [0.1, 0.15) is 0 Å². The average molecular weight is 256 g/mol. The number of urea groups is 1. The number of aliphatic carboxylic acids is 1. The van der Waals surface area contributed by atoms with Gasteiger partial charge in [0.05, 0.1) is 0 Å². The molecule has 0 radical (unpaired) electrons. The van der Waals surface area contributed by atoms with Gasteiger partial charge >= 0.3 is 12.0 Å². The van der Waals surface area contributed by atoms with Crippen LogP contribution >= 0.6 is 0 Å². The van der Waals surface area contributed by atoms with E-state index in [1.807, 2.05) is 13.8 Å². The van der Waals surface area contributed by atoms with Gasteiger partial charge in [-0.3, -0.25) is 4.79 Å². The zero-order valence-electron chi connectivity index (χ0n) is 11.2. The minimum Gasteiger partial charge on any atom is -0.481 e. The van der Waals surface area contributed by atoms with Crippen molar-refractivity contribution in [3.8, 4) is 0 Å². The van der Waals surface area contributed by atoms with Gasteiger partial charge in [-0.1, -0.05) is 6.92 Å². The number of carbonyl (C=O) groups excluding carboxylic acids is 1. The van der Waals surface area contributed by atoms with Crippen LogP contribution in [0.3, 0.4) is 0 Å². The smallest absolute Gasteiger partial charge is 0.315 e. The summed E-state index contributed by atoms with van der Waals surface area (Å²) in [5.41, 5.74) is 0. The molecule has 1 saturated carbocycles. The molecule has 5 heteroatoms. The Hall–Kier alpha value is -1.26. The molecule has 1 rings (SSSR count). The van der Waals surface area contributed by atoms with Crippen LogP contribution in [0.15, 0.2) is 0 Å². The van der Waals surface area contributed by atoms with Gasteiger partial charge in [-0.15, -0.1) is 0 Å². The molecule has 1 fully saturated rings. The van der Waals surface area contributed by atoms with Crippen LogP contribution in [0, 0.1) is 11.8 Å². The molecule has 0 heterocycles. The third-order valence-corrected chi connectivity index (χ3v) is 3.46. The predicted molar refractivity (Wildman–Crippen MR) is 69.4 cm³/mol. The second-order valence-electron chi connectivity index (χ2n) is 5.35. The number of nitrogens with one attached hydrogen (secondary N) is 2. The highest BCUT2D eigenvalue weighted by Crippen LogP contribution is 2.32. The molecule has 5 nitrogen and oxygen atoms in total. The lowest BCUT2D eigenvalue weighted by Crippen LogP contribution is -2.42. The molecule has 0 aromatic heterocycles. The molecule has 0 aromatic rings. The van der Waals surface area contributed by atoms with Crippen LogP contribution in [-0.2, 0) is 4.79 Å². The summed E-state index contributed by atoms with van der Waals surface area (Å²) in [5, 5.41) is 14.3. The van der Waals surface area contributed by atoms with Gasteiger partial charge in [0.2, 0.25) is 0 Å². The first kappa shape index (κ1) is 14.8. The van der Waals surface area contributed by atoms with Crippen molar-refractivity contribution in [3.05, 3.63) is 0 Å². The summed E-state index contributed by atoms with van der Waals surface area (Å²) in [6.07, 6.45) is 4.11. The second kappa shape index (κ2) is 7.24. The van der Waals surface area contributed by atoms with Gasteiger partial charge in [-0.25, -0.2) is 4.79 Å². The number of rotatable bonds is 8. The Morgan fingerprint density at radius 2 is 1.94 bits per heavy atom. The average Bonchev–Trinajstić information content (AvgIpc) is 3.09. The van der Waals surface area contributed by atoms with Gasteiger partial charge in [-0.05, 0) is 44.4 Å². The highest BCUT2D eigenvalue weighted by Gasteiger charge is 2.28. The molecule has 104 valence electrons. The molecule has 2 unspecified atom stereocenters. The van der Waals surface area contributed by atoms with Gasteiger partial charge in [0.15, 0.2) is 0 Å². The molecule has 0 aromatic carbocycles. The molecule has 1 aliphatic carbocycles. The molecule has 0 spiro atoms. The van der Waals surface area contributed by atoms with E-state index in [1.54, 1.807) is 0 Å². The van der Waals surface area contributed by atoms with Crippen LogP contribution in [-0.4, -0.2) is 29.7 Å². The zero-order valence-corrected chi connectivity index (χ0v) is 11.2. The van der Waals surface area contributed by atoms with Gasteiger partial charge in [-0.2, -0.15) is 0 Å². The maximum Gasteiger partial charge on any atom is 0.315 e. The monoisotopic (exact) mass is 256 g/mol. The fraction of sp³-hybridized carbons (Fsp3) is 0.846. The number of carboxylic acids is 1. The molecule has 3 N–H and O–H groups in total. The number of hydrogen-bond acceptors (Lipinski definition) is 2. The van der Waals surface area contributed by atoms with E-state index in [1.165, 1.54) is 12.8 Å². The Kier molecular flexibility index (Phi) is 5.95. The fourth-order valence-corrected chi connectivity index (χ4v) is 1.92. The van der Waals surface area contributed by atoms with Crippen molar-refractivity contribution in [2.24, 2.45) is 11.8 Å². The van der Waals surface area contributed by atoms with Gasteiger partial charge in [0.25, 0.3) is 0 Å². The van der Waals surface area contributed by atoms with Crippen LogP contribution in [0.2, 0.25) is 0 Å². The molecule has 0 bridgehead atoms. The Morgan fingerprint density at radius 3 is 2.50 bits per heavy atom.